The number of aryl methyl sites for hydroxylation is 1. The number of nitrogens with zero attached hydrogens (tertiary/aromatic N) is 4. The third-order valence-electron chi connectivity index (χ3n) is 4.68. The van der Waals surface area contributed by atoms with E-state index in [4.69, 9.17) is 21.1 Å². The van der Waals surface area contributed by atoms with Crippen LogP contribution in [-0.2, 0) is 11.8 Å². The van der Waals surface area contributed by atoms with Crippen molar-refractivity contribution in [2.24, 2.45) is 7.05 Å². The molecule has 29 heavy (non-hydrogen) atoms. The number of aromatic amines is 2. The maximum absolute atomic E-state index is 15.1. The smallest absolute Gasteiger partial charge is 0.181 e. The summed E-state index contributed by atoms with van der Waals surface area (Å²) in [5.74, 6) is 0.117. The summed E-state index contributed by atoms with van der Waals surface area (Å²) in [6, 6.07) is 1.67. The first-order valence-electron chi connectivity index (χ1n) is 8.61. The summed E-state index contributed by atoms with van der Waals surface area (Å²) >= 11 is 6.14. The fourth-order valence-electron chi connectivity index (χ4n) is 3.39. The summed E-state index contributed by atoms with van der Waals surface area (Å²) in [7, 11) is 4.59. The SMILES string of the molecule is COCC(O)c1n[nH]c(-c2c(-c3cn[nH]c3)c3cc(OC)c(Cl)c(F)c3n2C)n1. The molecule has 0 bridgehead atoms. The molecule has 1 aromatic carbocycles. The van der Waals surface area contributed by atoms with Gasteiger partial charge < -0.3 is 19.1 Å². The minimum absolute atomic E-state index is 0.0441. The molecule has 0 saturated heterocycles. The molecule has 1 unspecified atom stereocenters. The Balaban J connectivity index is 2.03. The molecule has 0 fully saturated rings. The minimum atomic E-state index is -0.997. The van der Waals surface area contributed by atoms with Crippen molar-refractivity contribution in [3.63, 3.8) is 0 Å². The van der Waals surface area contributed by atoms with Gasteiger partial charge in [-0.05, 0) is 6.07 Å². The van der Waals surface area contributed by atoms with Crippen molar-refractivity contribution in [3.05, 3.63) is 35.1 Å². The lowest BCUT2D eigenvalue weighted by Crippen LogP contribution is -2.07. The van der Waals surface area contributed by atoms with E-state index in [-0.39, 0.29) is 28.7 Å². The average Bonchev–Trinajstić information content (AvgIpc) is 3.43. The molecule has 152 valence electrons. The highest BCUT2D eigenvalue weighted by Gasteiger charge is 2.27. The van der Waals surface area contributed by atoms with Crippen LogP contribution >= 0.6 is 11.6 Å². The van der Waals surface area contributed by atoms with E-state index in [9.17, 15) is 5.11 Å². The molecule has 4 aromatic rings. The van der Waals surface area contributed by atoms with E-state index < -0.39 is 11.9 Å². The van der Waals surface area contributed by atoms with Crippen LogP contribution in [0.25, 0.3) is 33.5 Å². The van der Waals surface area contributed by atoms with E-state index in [0.717, 1.165) is 0 Å². The number of nitrogens with one attached hydrogen (secondary N) is 2. The number of ether oxygens (including phenoxy) is 2. The van der Waals surface area contributed by atoms with Gasteiger partial charge in [0.05, 0.1) is 31.1 Å². The quantitative estimate of drug-likeness (QED) is 0.442. The first-order chi connectivity index (χ1) is 14.0. The summed E-state index contributed by atoms with van der Waals surface area (Å²) in [5.41, 5.74) is 2.20. The van der Waals surface area contributed by atoms with Crippen LogP contribution in [0.5, 0.6) is 5.75 Å². The number of halogens is 2. The summed E-state index contributed by atoms with van der Waals surface area (Å²) in [5, 5.41) is 24.2. The molecule has 3 N–H and O–H groups in total. The molecule has 0 amide bonds. The van der Waals surface area contributed by atoms with E-state index >= 15 is 4.39 Å². The van der Waals surface area contributed by atoms with Gasteiger partial charge in [0.1, 0.15) is 16.9 Å². The number of benzene rings is 1. The summed E-state index contributed by atoms with van der Waals surface area (Å²) < 4.78 is 26.9. The lowest BCUT2D eigenvalue weighted by atomic mass is 10.0. The molecular weight excluding hydrogens is 403 g/mol. The van der Waals surface area contributed by atoms with E-state index in [1.165, 1.54) is 14.2 Å². The number of aliphatic hydroxyl groups excluding tert-OH is 1. The first kappa shape index (κ1) is 19.4. The molecule has 1 atom stereocenters. The Hall–Kier alpha value is -2.95. The van der Waals surface area contributed by atoms with Gasteiger partial charge in [-0.3, -0.25) is 10.2 Å². The Morgan fingerprint density at radius 3 is 2.83 bits per heavy atom. The number of hydrogen-bond donors (Lipinski definition) is 3. The molecule has 3 aromatic heterocycles. The lowest BCUT2D eigenvalue weighted by molar-refractivity contribution is 0.0590. The molecule has 11 heteroatoms. The van der Waals surface area contributed by atoms with Crippen molar-refractivity contribution >= 4 is 22.5 Å². The maximum atomic E-state index is 15.1. The Kier molecular flexibility index (Phi) is 4.99. The number of fused-ring (bicyclic) bond motifs is 1. The van der Waals surface area contributed by atoms with Gasteiger partial charge in [0.15, 0.2) is 17.5 Å². The first-order valence-corrected chi connectivity index (χ1v) is 8.98. The summed E-state index contributed by atoms with van der Waals surface area (Å²) in [6.07, 6.45) is 2.31. The van der Waals surface area contributed by atoms with Crippen LogP contribution in [0.1, 0.15) is 11.9 Å². The molecule has 0 radical (unpaired) electrons. The largest absolute Gasteiger partial charge is 0.495 e. The highest BCUT2D eigenvalue weighted by molar-refractivity contribution is 6.33. The number of aliphatic hydroxyl groups is 1. The van der Waals surface area contributed by atoms with E-state index in [1.807, 2.05) is 0 Å². The van der Waals surface area contributed by atoms with Crippen molar-refractivity contribution in [3.8, 4) is 28.4 Å². The average molecular weight is 421 g/mol. The van der Waals surface area contributed by atoms with Crippen LogP contribution in [0.15, 0.2) is 18.5 Å². The predicted molar refractivity (Wildman–Crippen MR) is 104 cm³/mol. The maximum Gasteiger partial charge on any atom is 0.181 e. The monoisotopic (exact) mass is 420 g/mol. The van der Waals surface area contributed by atoms with E-state index in [0.29, 0.717) is 28.0 Å². The van der Waals surface area contributed by atoms with Crippen molar-refractivity contribution in [1.29, 1.82) is 0 Å². The molecule has 9 nitrogen and oxygen atoms in total. The van der Waals surface area contributed by atoms with E-state index in [1.54, 1.807) is 30.1 Å². The van der Waals surface area contributed by atoms with Crippen LogP contribution in [0.2, 0.25) is 5.02 Å². The van der Waals surface area contributed by atoms with Gasteiger partial charge in [-0.15, -0.1) is 0 Å². The fraction of sp³-hybridized carbons (Fsp3) is 0.278. The molecule has 0 saturated carbocycles. The van der Waals surface area contributed by atoms with Crippen LogP contribution in [-0.4, -0.2) is 55.9 Å². The zero-order valence-corrected chi connectivity index (χ0v) is 16.6. The number of aromatic nitrogens is 6. The third-order valence-corrected chi connectivity index (χ3v) is 5.03. The van der Waals surface area contributed by atoms with Gasteiger partial charge in [0, 0.05) is 36.9 Å². The molecule has 0 aliphatic carbocycles. The van der Waals surface area contributed by atoms with Crippen molar-refractivity contribution in [2.75, 3.05) is 20.8 Å². The topological polar surface area (TPSA) is 114 Å². The van der Waals surface area contributed by atoms with Gasteiger partial charge in [0.2, 0.25) is 0 Å². The van der Waals surface area contributed by atoms with Gasteiger partial charge in [-0.25, -0.2) is 9.37 Å². The van der Waals surface area contributed by atoms with Crippen molar-refractivity contribution in [1.82, 2.24) is 29.9 Å². The molecule has 0 aliphatic rings. The number of hydrogen-bond acceptors (Lipinski definition) is 6. The van der Waals surface area contributed by atoms with Crippen LogP contribution in [0.3, 0.4) is 0 Å². The molecule has 0 aliphatic heterocycles. The highest BCUT2D eigenvalue weighted by Crippen LogP contribution is 2.44. The Morgan fingerprint density at radius 2 is 2.17 bits per heavy atom. The zero-order valence-electron chi connectivity index (χ0n) is 15.8. The van der Waals surface area contributed by atoms with Crippen LogP contribution in [0.4, 0.5) is 4.39 Å². The number of H-pyrrole nitrogens is 2. The van der Waals surface area contributed by atoms with Crippen molar-refractivity contribution in [2.45, 2.75) is 6.10 Å². The normalized spacial score (nSPS) is 12.6. The van der Waals surface area contributed by atoms with Gasteiger partial charge in [-0.2, -0.15) is 10.2 Å². The van der Waals surface area contributed by atoms with Gasteiger partial charge in [0.25, 0.3) is 0 Å². The van der Waals surface area contributed by atoms with E-state index in [2.05, 4.69) is 25.4 Å². The van der Waals surface area contributed by atoms with Crippen LogP contribution in [0, 0.1) is 5.82 Å². The second kappa shape index (κ2) is 7.47. The standard InChI is InChI=1S/C18H18ClFN6O3/c1-26-15-9(4-11(29-3)13(19)14(15)20)12(8-5-21-22-6-8)16(26)18-23-17(24-25-18)10(27)7-28-2/h4-6,10,27H,7H2,1-3H3,(H,21,22)(H,23,24,25). The third kappa shape index (κ3) is 3.05. The molecule has 3 heterocycles. The summed E-state index contributed by atoms with van der Waals surface area (Å²) in [6.45, 7) is 0.0441. The molecule has 0 spiro atoms. The Morgan fingerprint density at radius 1 is 1.38 bits per heavy atom. The number of rotatable bonds is 6. The molecule has 4 rings (SSSR count). The second-order valence-electron chi connectivity index (χ2n) is 6.39. The predicted octanol–water partition coefficient (Wildman–Crippen LogP) is 2.83. The lowest BCUT2D eigenvalue weighted by Gasteiger charge is -2.06. The zero-order chi connectivity index (χ0) is 20.7. The van der Waals surface area contributed by atoms with Crippen molar-refractivity contribution < 1.29 is 19.0 Å². The van der Waals surface area contributed by atoms with Gasteiger partial charge in [-0.1, -0.05) is 11.6 Å². The summed E-state index contributed by atoms with van der Waals surface area (Å²) in [4.78, 5) is 4.39. The fourth-order valence-corrected chi connectivity index (χ4v) is 3.61. The number of methoxy groups -OCH3 is 2. The van der Waals surface area contributed by atoms with Gasteiger partial charge >= 0.3 is 0 Å². The Bertz CT molecular complexity index is 1170. The molecular formula is C18H18ClFN6O3. The van der Waals surface area contributed by atoms with Crippen LogP contribution < -0.4 is 4.74 Å². The second-order valence-corrected chi connectivity index (χ2v) is 6.76. The Labute approximate surface area is 169 Å². The highest BCUT2D eigenvalue weighted by atomic mass is 35.5. The minimum Gasteiger partial charge on any atom is -0.495 e.